The van der Waals surface area contributed by atoms with Crippen molar-refractivity contribution in [2.75, 3.05) is 13.2 Å². The fraction of sp³-hybridized carbons (Fsp3) is 0.724. The predicted molar refractivity (Wildman–Crippen MR) is 168 cm³/mol. The summed E-state index contributed by atoms with van der Waals surface area (Å²) in [6.45, 7) is 4.20. The van der Waals surface area contributed by atoms with Gasteiger partial charge in [0.15, 0.2) is 0 Å². The molecule has 0 aromatic heterocycles. The van der Waals surface area contributed by atoms with Gasteiger partial charge in [-0.2, -0.15) is 0 Å². The quantitative estimate of drug-likeness (QED) is 0.0532. The standard InChI is InChI=1S/C29H48N6O15/c1-12(31-25(42)14(3)50-23-19(33-15(4)37)11-49-20(10-36)22(23)40)24(41)34-18(8-9-21(38)39)27(44)35-17(7-5-6-16(30)29(47)48)26(43)32-13(2)28(45)46/h12-14,16-20,22-23,36,40H,5-11,30H2,1-4H3,(H,31,42)(H,32,43)(H,33,37)(H,34,41)(H,35,44)(H,38,39)(H,45,46)(H,47,48)/t12-,13?,14+,16?,17-,18+,19-,20+,22+,23+/m0/s1. The third kappa shape index (κ3) is 14.6. The minimum atomic E-state index is -1.56. The van der Waals surface area contributed by atoms with E-state index < -0.39 is 128 Å². The first-order valence-corrected chi connectivity index (χ1v) is 15.8. The summed E-state index contributed by atoms with van der Waals surface area (Å²) in [4.78, 5) is 97.4. The lowest BCUT2D eigenvalue weighted by Crippen LogP contribution is -2.62. The smallest absolute Gasteiger partial charge is 0.325 e. The Balaban J connectivity index is 3.04. The summed E-state index contributed by atoms with van der Waals surface area (Å²) >= 11 is 0. The van der Waals surface area contributed by atoms with Gasteiger partial charge in [-0.3, -0.25) is 38.4 Å². The molecule has 2 unspecified atom stereocenters. The number of carboxylic acids is 3. The zero-order valence-electron chi connectivity index (χ0n) is 28.1. The van der Waals surface area contributed by atoms with Crippen LogP contribution in [0.1, 0.15) is 59.8 Å². The first-order chi connectivity index (χ1) is 23.3. The molecule has 21 heteroatoms. The zero-order chi connectivity index (χ0) is 38.3. The molecule has 0 aromatic rings. The molecule has 1 rings (SSSR count). The fourth-order valence-corrected chi connectivity index (χ4v) is 4.70. The zero-order valence-corrected chi connectivity index (χ0v) is 28.1. The molecular weight excluding hydrogens is 672 g/mol. The van der Waals surface area contributed by atoms with Crippen LogP contribution in [0.3, 0.4) is 0 Å². The number of aliphatic hydroxyl groups is 2. The van der Waals surface area contributed by atoms with Gasteiger partial charge in [0, 0.05) is 13.3 Å². The summed E-state index contributed by atoms with van der Waals surface area (Å²) in [7, 11) is 0. The van der Waals surface area contributed by atoms with Gasteiger partial charge >= 0.3 is 17.9 Å². The van der Waals surface area contributed by atoms with Crippen LogP contribution in [0.2, 0.25) is 0 Å². The van der Waals surface area contributed by atoms with E-state index in [4.69, 9.17) is 25.4 Å². The van der Waals surface area contributed by atoms with Crippen LogP contribution in [-0.2, 0) is 47.8 Å². The molecule has 0 bridgehead atoms. The van der Waals surface area contributed by atoms with Crippen LogP contribution in [0.15, 0.2) is 0 Å². The summed E-state index contributed by atoms with van der Waals surface area (Å²) < 4.78 is 11.0. The van der Waals surface area contributed by atoms with Crippen molar-refractivity contribution in [2.45, 2.75) is 120 Å². The molecule has 12 N–H and O–H groups in total. The van der Waals surface area contributed by atoms with Gasteiger partial charge in [-0.15, -0.1) is 0 Å². The van der Waals surface area contributed by atoms with E-state index in [0.717, 1.165) is 6.92 Å². The summed E-state index contributed by atoms with van der Waals surface area (Å²) in [5.41, 5.74) is 5.49. The Morgan fingerprint density at radius 2 is 1.36 bits per heavy atom. The fourth-order valence-electron chi connectivity index (χ4n) is 4.70. The van der Waals surface area contributed by atoms with Crippen molar-refractivity contribution in [2.24, 2.45) is 5.73 Å². The highest BCUT2D eigenvalue weighted by Gasteiger charge is 2.42. The van der Waals surface area contributed by atoms with Gasteiger partial charge in [-0.25, -0.2) is 0 Å². The highest BCUT2D eigenvalue weighted by Crippen LogP contribution is 2.20. The van der Waals surface area contributed by atoms with Crippen LogP contribution in [0, 0.1) is 0 Å². The van der Waals surface area contributed by atoms with Crippen LogP contribution < -0.4 is 32.3 Å². The molecule has 1 saturated heterocycles. The average molecular weight is 721 g/mol. The van der Waals surface area contributed by atoms with Crippen molar-refractivity contribution in [1.82, 2.24) is 26.6 Å². The first kappa shape index (κ1) is 43.6. The Bertz CT molecular complexity index is 1240. The maximum Gasteiger partial charge on any atom is 0.325 e. The molecular formula is C29H48N6O15. The lowest BCUT2D eigenvalue weighted by Gasteiger charge is -2.40. The topological polar surface area (TPSA) is 342 Å². The molecule has 1 aliphatic rings. The van der Waals surface area contributed by atoms with Gasteiger partial charge in [-0.1, -0.05) is 0 Å². The third-order valence-corrected chi connectivity index (χ3v) is 7.62. The molecule has 5 amide bonds. The van der Waals surface area contributed by atoms with Crippen molar-refractivity contribution >= 4 is 47.4 Å². The number of hydrogen-bond acceptors (Lipinski definition) is 13. The van der Waals surface area contributed by atoms with Crippen molar-refractivity contribution in [3.8, 4) is 0 Å². The van der Waals surface area contributed by atoms with Gasteiger partial charge in [0.2, 0.25) is 29.5 Å². The Morgan fingerprint density at radius 1 is 0.800 bits per heavy atom. The van der Waals surface area contributed by atoms with Crippen LogP contribution in [0.4, 0.5) is 0 Å². The van der Waals surface area contributed by atoms with E-state index in [1.807, 2.05) is 0 Å². The number of carbonyl (C=O) groups is 8. The number of carbonyl (C=O) groups excluding carboxylic acids is 5. The van der Waals surface area contributed by atoms with Gasteiger partial charge in [-0.05, 0) is 46.5 Å². The van der Waals surface area contributed by atoms with Crippen molar-refractivity contribution in [3.63, 3.8) is 0 Å². The van der Waals surface area contributed by atoms with Crippen LogP contribution in [-0.4, -0.2) is 147 Å². The second-order valence-corrected chi connectivity index (χ2v) is 11.8. The van der Waals surface area contributed by atoms with E-state index >= 15 is 0 Å². The molecule has 50 heavy (non-hydrogen) atoms. The molecule has 0 aromatic carbocycles. The minimum Gasteiger partial charge on any atom is -0.481 e. The highest BCUT2D eigenvalue weighted by molar-refractivity contribution is 5.95. The molecule has 0 radical (unpaired) electrons. The summed E-state index contributed by atoms with van der Waals surface area (Å²) in [6, 6.07) is -7.89. The van der Waals surface area contributed by atoms with E-state index in [0.29, 0.717) is 0 Å². The summed E-state index contributed by atoms with van der Waals surface area (Å²) in [5.74, 6) is -8.28. The number of nitrogens with one attached hydrogen (secondary N) is 5. The maximum atomic E-state index is 13.3. The van der Waals surface area contributed by atoms with Gasteiger partial charge < -0.3 is 67.3 Å². The molecule has 1 fully saturated rings. The normalized spacial score (nSPS) is 22.3. The number of aliphatic hydroxyl groups excluding tert-OH is 2. The monoisotopic (exact) mass is 720 g/mol. The van der Waals surface area contributed by atoms with Crippen molar-refractivity contribution in [3.05, 3.63) is 0 Å². The van der Waals surface area contributed by atoms with E-state index in [9.17, 15) is 53.7 Å². The van der Waals surface area contributed by atoms with E-state index in [2.05, 4.69) is 26.6 Å². The molecule has 284 valence electrons. The van der Waals surface area contributed by atoms with Crippen LogP contribution >= 0.6 is 0 Å². The Morgan fingerprint density at radius 3 is 1.90 bits per heavy atom. The number of ether oxygens (including phenoxy) is 2. The summed E-state index contributed by atoms with van der Waals surface area (Å²) in [6.07, 6.45) is -6.40. The van der Waals surface area contributed by atoms with Crippen molar-refractivity contribution < 1.29 is 73.4 Å². The number of rotatable bonds is 21. The molecule has 1 aliphatic heterocycles. The largest absolute Gasteiger partial charge is 0.481 e. The Hall–Kier alpha value is -4.44. The van der Waals surface area contributed by atoms with Crippen LogP contribution in [0.5, 0.6) is 0 Å². The average Bonchev–Trinajstić information content (AvgIpc) is 3.03. The maximum absolute atomic E-state index is 13.3. The van der Waals surface area contributed by atoms with E-state index in [1.165, 1.54) is 20.8 Å². The number of hydrogen-bond donors (Lipinski definition) is 11. The Kier molecular flexibility index (Phi) is 18.2. The number of aliphatic carboxylic acids is 3. The van der Waals surface area contributed by atoms with Gasteiger partial charge in [0.1, 0.15) is 54.6 Å². The number of carboxylic acid groups (broad SMARTS) is 3. The molecule has 21 nitrogen and oxygen atoms in total. The number of amides is 5. The molecule has 0 spiro atoms. The van der Waals surface area contributed by atoms with Gasteiger partial charge in [0.05, 0.1) is 19.3 Å². The van der Waals surface area contributed by atoms with Crippen molar-refractivity contribution in [1.29, 1.82) is 0 Å². The lowest BCUT2D eigenvalue weighted by atomic mass is 9.97. The second-order valence-electron chi connectivity index (χ2n) is 11.8. The Labute approximate surface area is 287 Å². The first-order valence-electron chi connectivity index (χ1n) is 15.8. The van der Waals surface area contributed by atoms with Crippen LogP contribution in [0.25, 0.3) is 0 Å². The summed E-state index contributed by atoms with van der Waals surface area (Å²) in [5, 5.41) is 59.2. The predicted octanol–water partition coefficient (Wildman–Crippen LogP) is -4.47. The molecule has 0 aliphatic carbocycles. The van der Waals surface area contributed by atoms with E-state index in [-0.39, 0.29) is 25.9 Å². The second kappa shape index (κ2) is 20.9. The minimum absolute atomic E-state index is 0.000114. The highest BCUT2D eigenvalue weighted by atomic mass is 16.6. The molecule has 0 saturated carbocycles. The SMILES string of the molecule is CC(=O)N[C@H]1CO[C@H](CO)[C@@H](O)[C@@H]1O[C@H](C)C(=O)N[C@@H](C)C(=O)N[C@H](CCC(=O)O)C(=O)N[C@@H](CCCC(N)C(=O)O)C(=O)NC(C)C(=O)O. The number of nitrogens with two attached hydrogens (primary N) is 1. The van der Waals surface area contributed by atoms with E-state index in [1.54, 1.807) is 0 Å². The molecule has 1 heterocycles. The molecule has 10 atom stereocenters. The van der Waals surface area contributed by atoms with Gasteiger partial charge in [0.25, 0.3) is 0 Å². The third-order valence-electron chi connectivity index (χ3n) is 7.62. The lowest BCUT2D eigenvalue weighted by molar-refractivity contribution is -0.193.